The highest BCUT2D eigenvalue weighted by molar-refractivity contribution is 9.10. The molecular weight excluding hydrogens is 374 g/mol. The number of nitrogens with one attached hydrogen (secondary N) is 1. The number of aromatic nitrogens is 1. The lowest BCUT2D eigenvalue weighted by Crippen LogP contribution is -2.30. The molecule has 0 fully saturated rings. The van der Waals surface area contributed by atoms with Crippen molar-refractivity contribution in [2.45, 2.75) is 17.9 Å². The van der Waals surface area contributed by atoms with Crippen molar-refractivity contribution in [2.75, 3.05) is 19.4 Å². The molecule has 0 aromatic carbocycles. The Morgan fingerprint density at radius 3 is 2.76 bits per heavy atom. The molecule has 1 unspecified atom stereocenters. The Hall–Kier alpha value is -0.960. The van der Waals surface area contributed by atoms with Crippen LogP contribution >= 0.6 is 27.3 Å². The average molecular weight is 390 g/mol. The van der Waals surface area contributed by atoms with Gasteiger partial charge in [0.25, 0.3) is 0 Å². The van der Waals surface area contributed by atoms with E-state index in [0.717, 1.165) is 4.88 Å². The summed E-state index contributed by atoms with van der Waals surface area (Å²) in [5, 5.41) is 4.76. The molecule has 0 saturated carbocycles. The Kier molecular flexibility index (Phi) is 5.03. The molecule has 21 heavy (non-hydrogen) atoms. The van der Waals surface area contributed by atoms with Crippen LogP contribution < -0.4 is 5.32 Å². The summed E-state index contributed by atoms with van der Waals surface area (Å²) in [6, 6.07) is 5.17. The van der Waals surface area contributed by atoms with E-state index in [-0.39, 0.29) is 10.9 Å². The molecule has 0 aliphatic rings. The monoisotopic (exact) mass is 389 g/mol. The van der Waals surface area contributed by atoms with E-state index in [0.29, 0.717) is 10.3 Å². The van der Waals surface area contributed by atoms with Gasteiger partial charge in [0.2, 0.25) is 10.0 Å². The summed E-state index contributed by atoms with van der Waals surface area (Å²) in [5.74, 6) is 0.337. The Labute approximate surface area is 137 Å². The molecule has 1 atom stereocenters. The summed E-state index contributed by atoms with van der Waals surface area (Å²) in [6.45, 7) is 1.87. The molecule has 0 aliphatic carbocycles. The van der Waals surface area contributed by atoms with Crippen molar-refractivity contribution in [1.29, 1.82) is 0 Å². The van der Waals surface area contributed by atoms with Gasteiger partial charge in [-0.1, -0.05) is 6.07 Å². The summed E-state index contributed by atoms with van der Waals surface area (Å²) >= 11 is 4.81. The van der Waals surface area contributed by atoms with Crippen molar-refractivity contribution >= 4 is 43.1 Å². The summed E-state index contributed by atoms with van der Waals surface area (Å²) < 4.78 is 27.6. The highest BCUT2D eigenvalue weighted by atomic mass is 79.9. The predicted molar refractivity (Wildman–Crippen MR) is 89.2 cm³/mol. The molecule has 0 amide bonds. The molecule has 5 nitrogen and oxygen atoms in total. The molecule has 114 valence electrons. The van der Waals surface area contributed by atoms with Gasteiger partial charge in [-0.3, -0.25) is 0 Å². The third-order valence-corrected chi connectivity index (χ3v) is 6.63. The van der Waals surface area contributed by atoms with Gasteiger partial charge in [-0.2, -0.15) is 4.31 Å². The van der Waals surface area contributed by atoms with Gasteiger partial charge >= 0.3 is 0 Å². The summed E-state index contributed by atoms with van der Waals surface area (Å²) in [4.78, 5) is 5.26. The Balaban J connectivity index is 2.44. The molecule has 0 aliphatic heterocycles. The quantitative estimate of drug-likeness (QED) is 0.851. The summed E-state index contributed by atoms with van der Waals surface area (Å²) in [7, 11) is -0.410. The van der Waals surface area contributed by atoms with E-state index in [1.807, 2.05) is 24.4 Å². The number of pyridine rings is 1. The van der Waals surface area contributed by atoms with Crippen molar-refractivity contribution in [2.24, 2.45) is 0 Å². The molecule has 0 radical (unpaired) electrons. The normalized spacial score (nSPS) is 13.4. The third-order valence-electron chi connectivity index (χ3n) is 3.21. The van der Waals surface area contributed by atoms with Crippen LogP contribution in [0.2, 0.25) is 0 Å². The molecule has 2 rings (SSSR count). The number of thiophene rings is 1. The van der Waals surface area contributed by atoms with Crippen LogP contribution in [0, 0.1) is 0 Å². The van der Waals surface area contributed by atoms with E-state index >= 15 is 0 Å². The lowest BCUT2D eigenvalue weighted by molar-refractivity contribution is 0.403. The highest BCUT2D eigenvalue weighted by Gasteiger charge is 2.29. The number of anilines is 1. The summed E-state index contributed by atoms with van der Waals surface area (Å²) in [6.07, 6.45) is 1.56. The molecule has 8 heteroatoms. The van der Waals surface area contributed by atoms with Crippen molar-refractivity contribution in [3.63, 3.8) is 0 Å². The first-order chi connectivity index (χ1) is 9.87. The minimum atomic E-state index is -3.64. The zero-order chi connectivity index (χ0) is 15.6. The molecule has 1 N–H and O–H groups in total. The van der Waals surface area contributed by atoms with Crippen LogP contribution in [0.4, 0.5) is 5.82 Å². The van der Waals surface area contributed by atoms with Gasteiger partial charge in [0, 0.05) is 29.6 Å². The lowest BCUT2D eigenvalue weighted by atomic mass is 10.3. The van der Waals surface area contributed by atoms with E-state index in [2.05, 4.69) is 26.2 Å². The van der Waals surface area contributed by atoms with Gasteiger partial charge in [0.05, 0.1) is 6.04 Å². The largest absolute Gasteiger partial charge is 0.372 e. The van der Waals surface area contributed by atoms with E-state index in [1.54, 1.807) is 26.4 Å². The smallest absolute Gasteiger partial charge is 0.247 e. The fourth-order valence-electron chi connectivity index (χ4n) is 1.88. The van der Waals surface area contributed by atoms with Crippen LogP contribution in [-0.2, 0) is 10.0 Å². The molecular formula is C13H16BrN3O2S2. The maximum atomic E-state index is 12.8. The Bertz CT molecular complexity index is 717. The van der Waals surface area contributed by atoms with Crippen molar-refractivity contribution < 1.29 is 8.42 Å². The number of hydrogen-bond acceptors (Lipinski definition) is 5. The van der Waals surface area contributed by atoms with Crippen LogP contribution in [-0.4, -0.2) is 31.8 Å². The number of rotatable bonds is 5. The molecule has 0 spiro atoms. The Morgan fingerprint density at radius 2 is 2.19 bits per heavy atom. The van der Waals surface area contributed by atoms with Gasteiger partial charge in [0.1, 0.15) is 10.7 Å². The van der Waals surface area contributed by atoms with E-state index in [9.17, 15) is 8.42 Å². The van der Waals surface area contributed by atoms with Crippen LogP contribution in [0.15, 0.2) is 39.1 Å². The second-order valence-electron chi connectivity index (χ2n) is 4.46. The molecule has 2 heterocycles. The predicted octanol–water partition coefficient (Wildman–Crippen LogP) is 3.33. The average Bonchev–Trinajstić information content (AvgIpc) is 2.99. The zero-order valence-corrected chi connectivity index (χ0v) is 15.1. The van der Waals surface area contributed by atoms with E-state index < -0.39 is 10.0 Å². The van der Waals surface area contributed by atoms with Gasteiger partial charge in [-0.25, -0.2) is 13.4 Å². The highest BCUT2D eigenvalue weighted by Crippen LogP contribution is 2.31. The standard InChI is InChI=1S/C13H16BrN3O2S2/c1-9(11-5-4-6-20-11)17(3)21(18,19)12-7-10(14)8-16-13(12)15-2/h4-9H,1-3H3,(H,15,16). The van der Waals surface area contributed by atoms with Crippen molar-refractivity contribution in [3.05, 3.63) is 39.1 Å². The number of nitrogens with zero attached hydrogens (tertiary/aromatic N) is 2. The zero-order valence-electron chi connectivity index (χ0n) is 11.9. The number of sulfonamides is 1. The first kappa shape index (κ1) is 16.4. The van der Waals surface area contributed by atoms with E-state index in [4.69, 9.17) is 0 Å². The second-order valence-corrected chi connectivity index (χ2v) is 8.32. The molecule has 0 saturated heterocycles. The fourth-order valence-corrected chi connectivity index (χ4v) is 4.77. The fraction of sp³-hybridized carbons (Fsp3) is 0.308. The molecule has 0 bridgehead atoms. The Morgan fingerprint density at radius 1 is 1.48 bits per heavy atom. The third kappa shape index (κ3) is 3.28. The minimum absolute atomic E-state index is 0.158. The number of hydrogen-bond donors (Lipinski definition) is 1. The van der Waals surface area contributed by atoms with Crippen LogP contribution in [0.5, 0.6) is 0 Å². The molecule has 2 aromatic heterocycles. The topological polar surface area (TPSA) is 62.3 Å². The van der Waals surface area contributed by atoms with Gasteiger partial charge in [-0.15, -0.1) is 11.3 Å². The van der Waals surface area contributed by atoms with Crippen molar-refractivity contribution in [3.8, 4) is 0 Å². The first-order valence-corrected chi connectivity index (χ1v) is 9.34. The van der Waals surface area contributed by atoms with Gasteiger partial charge in [-0.05, 0) is 40.4 Å². The molecule has 2 aromatic rings. The van der Waals surface area contributed by atoms with Gasteiger partial charge < -0.3 is 5.32 Å². The SMILES string of the molecule is CNc1ncc(Br)cc1S(=O)(=O)N(C)C(C)c1cccs1. The van der Waals surface area contributed by atoms with Crippen LogP contribution in [0.25, 0.3) is 0 Å². The lowest BCUT2D eigenvalue weighted by Gasteiger charge is -2.24. The van der Waals surface area contributed by atoms with E-state index in [1.165, 1.54) is 15.6 Å². The van der Waals surface area contributed by atoms with Gasteiger partial charge in [0.15, 0.2) is 0 Å². The maximum absolute atomic E-state index is 12.8. The maximum Gasteiger partial charge on any atom is 0.247 e. The summed E-state index contributed by atoms with van der Waals surface area (Å²) in [5.41, 5.74) is 0. The van der Waals surface area contributed by atoms with Crippen LogP contribution in [0.1, 0.15) is 17.8 Å². The van der Waals surface area contributed by atoms with Crippen molar-refractivity contribution in [1.82, 2.24) is 9.29 Å². The van der Waals surface area contributed by atoms with Crippen LogP contribution in [0.3, 0.4) is 0 Å². The number of halogens is 1. The first-order valence-electron chi connectivity index (χ1n) is 6.22. The second kappa shape index (κ2) is 6.43. The minimum Gasteiger partial charge on any atom is -0.372 e.